The lowest BCUT2D eigenvalue weighted by Gasteiger charge is -2.36. The third-order valence-corrected chi connectivity index (χ3v) is 3.88. The van der Waals surface area contributed by atoms with E-state index in [1.54, 1.807) is 55.5 Å². The fourth-order valence-corrected chi connectivity index (χ4v) is 2.87. The molecule has 6 heteroatoms. The molecule has 2 aromatic carbocycles. The molecular weight excluding hydrogens is 312 g/mol. The normalized spacial score (nSPS) is 14.7. The van der Waals surface area contributed by atoms with Gasteiger partial charge in [0.25, 0.3) is 5.79 Å². The summed E-state index contributed by atoms with van der Waals surface area (Å²) in [7, 11) is 0. The molecule has 2 aromatic rings. The molecule has 0 saturated carbocycles. The van der Waals surface area contributed by atoms with E-state index in [0.717, 1.165) is 0 Å². The third kappa shape index (κ3) is 2.50. The topological polar surface area (TPSA) is 82.1 Å². The number of esters is 1. The Hall–Kier alpha value is -2.54. The zero-order chi connectivity index (χ0) is 17.2. The van der Waals surface area contributed by atoms with E-state index in [2.05, 4.69) is 0 Å². The SMILES string of the molecule is CCOC(=O)COC1(OO)c2ccccc2C(=O)c2ccccc21. The van der Waals surface area contributed by atoms with Gasteiger partial charge in [0.2, 0.25) is 0 Å². The van der Waals surface area contributed by atoms with Gasteiger partial charge in [0.05, 0.1) is 6.61 Å². The third-order valence-electron chi connectivity index (χ3n) is 3.88. The number of rotatable bonds is 5. The number of benzene rings is 2. The molecule has 1 aliphatic carbocycles. The summed E-state index contributed by atoms with van der Waals surface area (Å²) in [4.78, 5) is 29.1. The molecular formula is C18H16O6. The molecule has 1 N–H and O–H groups in total. The van der Waals surface area contributed by atoms with Crippen LogP contribution >= 0.6 is 0 Å². The maximum Gasteiger partial charge on any atom is 0.332 e. The van der Waals surface area contributed by atoms with Crippen LogP contribution in [0.4, 0.5) is 0 Å². The predicted molar refractivity (Wildman–Crippen MR) is 83.4 cm³/mol. The molecule has 0 spiro atoms. The second-order valence-electron chi connectivity index (χ2n) is 5.22. The molecule has 0 aliphatic heterocycles. The van der Waals surface area contributed by atoms with Gasteiger partial charge >= 0.3 is 5.97 Å². The molecule has 124 valence electrons. The molecule has 24 heavy (non-hydrogen) atoms. The van der Waals surface area contributed by atoms with E-state index >= 15 is 0 Å². The summed E-state index contributed by atoms with van der Waals surface area (Å²) >= 11 is 0. The van der Waals surface area contributed by atoms with Crippen molar-refractivity contribution in [2.75, 3.05) is 13.2 Å². The summed E-state index contributed by atoms with van der Waals surface area (Å²) < 4.78 is 10.5. The van der Waals surface area contributed by atoms with Gasteiger partial charge in [-0.05, 0) is 6.92 Å². The monoisotopic (exact) mass is 328 g/mol. The molecule has 0 aromatic heterocycles. The molecule has 0 saturated heterocycles. The minimum Gasteiger partial charge on any atom is -0.464 e. The van der Waals surface area contributed by atoms with Gasteiger partial charge in [-0.15, -0.1) is 0 Å². The fourth-order valence-electron chi connectivity index (χ4n) is 2.87. The van der Waals surface area contributed by atoms with Crippen LogP contribution in [0.15, 0.2) is 48.5 Å². The largest absolute Gasteiger partial charge is 0.464 e. The van der Waals surface area contributed by atoms with Gasteiger partial charge < -0.3 is 9.47 Å². The summed E-state index contributed by atoms with van der Waals surface area (Å²) in [6, 6.07) is 13.3. The lowest BCUT2D eigenvalue weighted by atomic mass is 9.80. The first-order valence-corrected chi connectivity index (χ1v) is 7.50. The van der Waals surface area contributed by atoms with Crippen molar-refractivity contribution in [1.29, 1.82) is 0 Å². The molecule has 0 amide bonds. The van der Waals surface area contributed by atoms with Gasteiger partial charge in [-0.3, -0.25) is 4.79 Å². The summed E-state index contributed by atoms with van der Waals surface area (Å²) in [5.41, 5.74) is 1.35. The van der Waals surface area contributed by atoms with E-state index in [1.165, 1.54) is 0 Å². The highest BCUT2D eigenvalue weighted by Gasteiger charge is 2.47. The Labute approximate surface area is 138 Å². The van der Waals surface area contributed by atoms with Crippen LogP contribution in [-0.4, -0.2) is 30.2 Å². The van der Waals surface area contributed by atoms with Crippen molar-refractivity contribution in [3.05, 3.63) is 70.8 Å². The van der Waals surface area contributed by atoms with Crippen molar-refractivity contribution in [1.82, 2.24) is 0 Å². The Balaban J connectivity index is 2.12. The fraction of sp³-hybridized carbons (Fsp3) is 0.222. The van der Waals surface area contributed by atoms with E-state index in [0.29, 0.717) is 22.3 Å². The average molecular weight is 328 g/mol. The first kappa shape index (κ1) is 16.3. The van der Waals surface area contributed by atoms with Crippen molar-refractivity contribution < 1.29 is 29.2 Å². The van der Waals surface area contributed by atoms with Crippen LogP contribution < -0.4 is 0 Å². The van der Waals surface area contributed by atoms with Crippen LogP contribution in [0.1, 0.15) is 34.0 Å². The van der Waals surface area contributed by atoms with Gasteiger partial charge in [-0.2, -0.15) is 4.89 Å². The molecule has 0 heterocycles. The number of ether oxygens (including phenoxy) is 2. The number of carbonyl (C=O) groups is 2. The lowest BCUT2D eigenvalue weighted by Crippen LogP contribution is -2.41. The zero-order valence-corrected chi connectivity index (χ0v) is 13.0. The Morgan fingerprint density at radius 3 is 2.08 bits per heavy atom. The van der Waals surface area contributed by atoms with Crippen LogP contribution in [0.25, 0.3) is 0 Å². The Morgan fingerprint density at radius 2 is 1.58 bits per heavy atom. The zero-order valence-electron chi connectivity index (χ0n) is 13.0. The molecule has 3 rings (SSSR count). The second-order valence-corrected chi connectivity index (χ2v) is 5.22. The number of ketones is 1. The highest BCUT2D eigenvalue weighted by Crippen LogP contribution is 2.42. The van der Waals surface area contributed by atoms with Crippen LogP contribution in [0.5, 0.6) is 0 Å². The Kier molecular flexibility index (Phi) is 4.44. The molecule has 0 bridgehead atoms. The van der Waals surface area contributed by atoms with Gasteiger partial charge in [0, 0.05) is 22.3 Å². The number of hydrogen-bond donors (Lipinski definition) is 1. The van der Waals surface area contributed by atoms with Crippen LogP contribution in [0, 0.1) is 0 Å². The summed E-state index contributed by atoms with van der Waals surface area (Å²) in [6.45, 7) is 1.45. The second kappa shape index (κ2) is 6.52. The molecule has 1 aliphatic rings. The van der Waals surface area contributed by atoms with E-state index in [4.69, 9.17) is 14.4 Å². The highest BCUT2D eigenvalue weighted by atomic mass is 17.1. The molecule has 6 nitrogen and oxygen atoms in total. The van der Waals surface area contributed by atoms with Crippen LogP contribution in [-0.2, 0) is 24.9 Å². The smallest absolute Gasteiger partial charge is 0.332 e. The number of hydrogen-bond acceptors (Lipinski definition) is 6. The number of carbonyl (C=O) groups excluding carboxylic acids is 2. The van der Waals surface area contributed by atoms with E-state index in [1.807, 2.05) is 0 Å². The van der Waals surface area contributed by atoms with Gasteiger partial charge in [-0.25, -0.2) is 10.1 Å². The van der Waals surface area contributed by atoms with Gasteiger partial charge in [0.15, 0.2) is 5.78 Å². The van der Waals surface area contributed by atoms with Crippen molar-refractivity contribution >= 4 is 11.8 Å². The molecule has 0 unspecified atom stereocenters. The minimum absolute atomic E-state index is 0.200. The standard InChI is InChI=1S/C18H16O6/c1-2-22-16(19)11-23-18(24-21)14-9-5-3-7-12(14)17(20)13-8-4-6-10-15(13)18/h3-10,21H,2,11H2,1H3. The first-order valence-electron chi connectivity index (χ1n) is 7.50. The predicted octanol–water partition coefficient (Wildman–Crippen LogP) is 2.50. The average Bonchev–Trinajstić information content (AvgIpc) is 2.62. The summed E-state index contributed by atoms with van der Waals surface area (Å²) in [5.74, 6) is -2.57. The Bertz CT molecular complexity index is 733. The summed E-state index contributed by atoms with van der Waals surface area (Å²) in [6.07, 6.45) is 0. The van der Waals surface area contributed by atoms with Crippen molar-refractivity contribution in [2.24, 2.45) is 0 Å². The van der Waals surface area contributed by atoms with E-state index in [9.17, 15) is 14.8 Å². The van der Waals surface area contributed by atoms with Crippen LogP contribution in [0.2, 0.25) is 0 Å². The van der Waals surface area contributed by atoms with Crippen molar-refractivity contribution in [3.8, 4) is 0 Å². The molecule has 0 atom stereocenters. The Morgan fingerprint density at radius 1 is 1.04 bits per heavy atom. The minimum atomic E-state index is -1.77. The van der Waals surface area contributed by atoms with Crippen molar-refractivity contribution in [3.63, 3.8) is 0 Å². The highest BCUT2D eigenvalue weighted by molar-refractivity contribution is 6.12. The van der Waals surface area contributed by atoms with E-state index in [-0.39, 0.29) is 12.4 Å². The van der Waals surface area contributed by atoms with Gasteiger partial charge in [0.1, 0.15) is 6.61 Å². The maximum atomic E-state index is 12.7. The van der Waals surface area contributed by atoms with E-state index < -0.39 is 18.4 Å². The quantitative estimate of drug-likeness (QED) is 0.393. The lowest BCUT2D eigenvalue weighted by molar-refractivity contribution is -0.394. The van der Waals surface area contributed by atoms with Crippen molar-refractivity contribution in [2.45, 2.75) is 12.7 Å². The number of fused-ring (bicyclic) bond motifs is 2. The molecule has 0 fully saturated rings. The maximum absolute atomic E-state index is 12.7. The van der Waals surface area contributed by atoms with Crippen LogP contribution in [0.3, 0.4) is 0 Å². The molecule has 0 radical (unpaired) electrons. The van der Waals surface area contributed by atoms with Gasteiger partial charge in [-0.1, -0.05) is 48.5 Å². The summed E-state index contributed by atoms with van der Waals surface area (Å²) in [5, 5.41) is 9.68. The first-order chi connectivity index (χ1) is 11.6.